The summed E-state index contributed by atoms with van der Waals surface area (Å²) in [5, 5.41) is 10.2. The average Bonchev–Trinajstić information content (AvgIpc) is 2.81. The van der Waals surface area contributed by atoms with Gasteiger partial charge in [0.1, 0.15) is 0 Å². The van der Waals surface area contributed by atoms with E-state index in [-0.39, 0.29) is 6.04 Å². The number of likely N-dealkylation sites (N-methyl/N-ethyl adjacent to an activating group) is 1. The maximum atomic E-state index is 6.13. The minimum atomic E-state index is 0.266. The fraction of sp³-hybridized carbons (Fsp3) is 0.462. The van der Waals surface area contributed by atoms with Gasteiger partial charge in [-0.1, -0.05) is 6.07 Å². The molecule has 5 heteroatoms. The Bertz CT molecular complexity index is 562. The Morgan fingerprint density at radius 1 is 1.39 bits per heavy atom. The monoisotopic (exact) mass is 245 g/mol. The van der Waals surface area contributed by atoms with Crippen LogP contribution < -0.4 is 5.84 Å². The molecule has 0 spiro atoms. The molecule has 1 unspecified atom stereocenters. The average molecular weight is 245 g/mol. The molecule has 0 radical (unpaired) electrons. The standard InChI is InChI=1S/C13H19N5/c1-9-5-10(6-11-7-15-16-13(9)11)12-8-17(2)3-4-18(12)14/h5-7,12H,3-4,8,14H2,1-2H3,(H,15,16). The number of hydrogen-bond donors (Lipinski definition) is 2. The molecule has 18 heavy (non-hydrogen) atoms. The van der Waals surface area contributed by atoms with Crippen LogP contribution in [0.5, 0.6) is 0 Å². The zero-order valence-electron chi connectivity index (χ0n) is 10.8. The second-order valence-corrected chi connectivity index (χ2v) is 5.19. The van der Waals surface area contributed by atoms with Gasteiger partial charge in [-0.05, 0) is 31.2 Å². The number of nitrogens with one attached hydrogen (secondary N) is 1. The van der Waals surface area contributed by atoms with E-state index in [0.29, 0.717) is 0 Å². The molecule has 2 heterocycles. The molecule has 2 aromatic rings. The van der Waals surface area contributed by atoms with Crippen LogP contribution in [0.4, 0.5) is 0 Å². The first-order chi connectivity index (χ1) is 8.65. The highest BCUT2D eigenvalue weighted by Gasteiger charge is 2.24. The summed E-state index contributed by atoms with van der Waals surface area (Å²) in [6, 6.07) is 4.67. The number of aromatic amines is 1. The van der Waals surface area contributed by atoms with Crippen LogP contribution in [0, 0.1) is 6.92 Å². The quantitative estimate of drug-likeness (QED) is 0.737. The smallest absolute Gasteiger partial charge is 0.0679 e. The number of rotatable bonds is 1. The number of benzene rings is 1. The largest absolute Gasteiger partial charge is 0.303 e. The highest BCUT2D eigenvalue weighted by atomic mass is 15.5. The van der Waals surface area contributed by atoms with E-state index >= 15 is 0 Å². The van der Waals surface area contributed by atoms with Gasteiger partial charge in [0.25, 0.3) is 0 Å². The second-order valence-electron chi connectivity index (χ2n) is 5.19. The highest BCUT2D eigenvalue weighted by molar-refractivity contribution is 5.82. The Morgan fingerprint density at radius 3 is 3.06 bits per heavy atom. The van der Waals surface area contributed by atoms with Crippen LogP contribution in [0.1, 0.15) is 17.2 Å². The Balaban J connectivity index is 2.02. The highest BCUT2D eigenvalue weighted by Crippen LogP contribution is 2.27. The molecule has 1 saturated heterocycles. The van der Waals surface area contributed by atoms with Gasteiger partial charge >= 0.3 is 0 Å². The lowest BCUT2D eigenvalue weighted by atomic mass is 9.99. The van der Waals surface area contributed by atoms with Gasteiger partial charge in [-0.2, -0.15) is 5.10 Å². The van der Waals surface area contributed by atoms with E-state index in [4.69, 9.17) is 5.84 Å². The molecule has 3 N–H and O–H groups in total. The third-order valence-electron chi connectivity index (χ3n) is 3.78. The van der Waals surface area contributed by atoms with E-state index in [9.17, 15) is 0 Å². The van der Waals surface area contributed by atoms with E-state index in [1.165, 1.54) is 11.1 Å². The lowest BCUT2D eigenvalue weighted by Gasteiger charge is -2.37. The van der Waals surface area contributed by atoms with Crippen LogP contribution in [-0.4, -0.2) is 46.8 Å². The summed E-state index contributed by atoms with van der Waals surface area (Å²) in [5.41, 5.74) is 3.61. The predicted octanol–water partition coefficient (Wildman–Crippen LogP) is 1.03. The van der Waals surface area contributed by atoms with Gasteiger partial charge in [-0.15, -0.1) is 0 Å². The van der Waals surface area contributed by atoms with Crippen molar-refractivity contribution in [3.8, 4) is 0 Å². The van der Waals surface area contributed by atoms with Gasteiger partial charge in [0.15, 0.2) is 0 Å². The van der Waals surface area contributed by atoms with Crippen molar-refractivity contribution in [2.45, 2.75) is 13.0 Å². The van der Waals surface area contributed by atoms with Gasteiger partial charge in [0, 0.05) is 25.0 Å². The SMILES string of the molecule is Cc1cc(C2CN(C)CCN2N)cc2cn[nH]c12. The Hall–Kier alpha value is -1.43. The fourth-order valence-corrected chi connectivity index (χ4v) is 2.69. The number of fused-ring (bicyclic) bond motifs is 1. The normalized spacial score (nSPS) is 22.7. The Kier molecular flexibility index (Phi) is 2.81. The van der Waals surface area contributed by atoms with Gasteiger partial charge < -0.3 is 4.90 Å². The first kappa shape index (κ1) is 11.6. The van der Waals surface area contributed by atoms with Crippen molar-refractivity contribution in [3.63, 3.8) is 0 Å². The summed E-state index contributed by atoms with van der Waals surface area (Å²) in [5.74, 6) is 6.13. The van der Waals surface area contributed by atoms with Crippen LogP contribution in [0.15, 0.2) is 18.3 Å². The number of nitrogens with zero attached hydrogens (tertiary/aromatic N) is 3. The van der Waals surface area contributed by atoms with Crippen molar-refractivity contribution >= 4 is 10.9 Å². The lowest BCUT2D eigenvalue weighted by Crippen LogP contribution is -2.50. The van der Waals surface area contributed by atoms with Crippen molar-refractivity contribution in [2.75, 3.05) is 26.7 Å². The van der Waals surface area contributed by atoms with Gasteiger partial charge in [0.05, 0.1) is 17.8 Å². The summed E-state index contributed by atoms with van der Waals surface area (Å²) in [4.78, 5) is 2.32. The lowest BCUT2D eigenvalue weighted by molar-refractivity contribution is 0.0906. The van der Waals surface area contributed by atoms with Gasteiger partial charge in [-0.25, -0.2) is 5.01 Å². The molecule has 1 atom stereocenters. The van der Waals surface area contributed by atoms with Crippen LogP contribution >= 0.6 is 0 Å². The van der Waals surface area contributed by atoms with Crippen molar-refractivity contribution in [2.24, 2.45) is 5.84 Å². The molecule has 5 nitrogen and oxygen atoms in total. The van der Waals surface area contributed by atoms with E-state index < -0.39 is 0 Å². The minimum Gasteiger partial charge on any atom is -0.303 e. The third kappa shape index (κ3) is 1.90. The Morgan fingerprint density at radius 2 is 2.22 bits per heavy atom. The molecular formula is C13H19N5. The summed E-state index contributed by atoms with van der Waals surface area (Å²) in [6.07, 6.45) is 1.87. The zero-order chi connectivity index (χ0) is 12.7. The van der Waals surface area contributed by atoms with Crippen LogP contribution in [-0.2, 0) is 0 Å². The molecule has 1 fully saturated rings. The van der Waals surface area contributed by atoms with Crippen LogP contribution in [0.3, 0.4) is 0 Å². The number of nitrogens with two attached hydrogens (primary N) is 1. The summed E-state index contributed by atoms with van der Waals surface area (Å²) >= 11 is 0. The molecule has 1 aliphatic heterocycles. The topological polar surface area (TPSA) is 61.2 Å². The predicted molar refractivity (Wildman–Crippen MR) is 72.0 cm³/mol. The molecule has 0 aliphatic carbocycles. The molecule has 96 valence electrons. The first-order valence-electron chi connectivity index (χ1n) is 6.28. The molecule has 0 amide bonds. The minimum absolute atomic E-state index is 0.266. The summed E-state index contributed by atoms with van der Waals surface area (Å²) < 4.78 is 0. The van der Waals surface area contributed by atoms with Crippen LogP contribution in [0.25, 0.3) is 10.9 Å². The molecule has 0 bridgehead atoms. The van der Waals surface area contributed by atoms with E-state index in [1.54, 1.807) is 0 Å². The van der Waals surface area contributed by atoms with Crippen molar-refractivity contribution in [1.82, 2.24) is 20.1 Å². The van der Waals surface area contributed by atoms with Crippen molar-refractivity contribution < 1.29 is 0 Å². The molecule has 3 rings (SSSR count). The van der Waals surface area contributed by atoms with Gasteiger partial charge in [0.2, 0.25) is 0 Å². The third-order valence-corrected chi connectivity index (χ3v) is 3.78. The van der Waals surface area contributed by atoms with Crippen LogP contribution in [0.2, 0.25) is 0 Å². The van der Waals surface area contributed by atoms with E-state index in [2.05, 4.69) is 41.2 Å². The maximum Gasteiger partial charge on any atom is 0.0679 e. The Labute approximate surface area is 107 Å². The van der Waals surface area contributed by atoms with Crippen molar-refractivity contribution in [1.29, 1.82) is 0 Å². The number of aryl methyl sites for hydroxylation is 1. The summed E-state index contributed by atoms with van der Waals surface area (Å²) in [6.45, 7) is 5.01. The maximum absolute atomic E-state index is 6.13. The molecule has 1 aromatic heterocycles. The van der Waals surface area contributed by atoms with E-state index in [0.717, 1.165) is 30.5 Å². The zero-order valence-corrected chi connectivity index (χ0v) is 10.8. The number of piperazine rings is 1. The van der Waals surface area contributed by atoms with E-state index in [1.807, 2.05) is 11.2 Å². The fourth-order valence-electron chi connectivity index (χ4n) is 2.69. The molecule has 1 aliphatic rings. The van der Waals surface area contributed by atoms with Crippen molar-refractivity contribution in [3.05, 3.63) is 29.5 Å². The number of aromatic nitrogens is 2. The number of hydrogen-bond acceptors (Lipinski definition) is 4. The van der Waals surface area contributed by atoms with Gasteiger partial charge in [-0.3, -0.25) is 10.9 Å². The molecule has 0 saturated carbocycles. The molecule has 1 aromatic carbocycles. The molecular weight excluding hydrogens is 226 g/mol. The number of hydrazine groups is 1. The number of H-pyrrole nitrogens is 1. The second kappa shape index (κ2) is 4.35. The first-order valence-corrected chi connectivity index (χ1v) is 6.28. The summed E-state index contributed by atoms with van der Waals surface area (Å²) in [7, 11) is 2.14.